The number of urea groups is 1. The summed E-state index contributed by atoms with van der Waals surface area (Å²) >= 11 is 1.30. The van der Waals surface area contributed by atoms with Crippen molar-refractivity contribution in [3.8, 4) is 11.5 Å². The van der Waals surface area contributed by atoms with Crippen molar-refractivity contribution >= 4 is 34.1 Å². The number of hydrogen-bond acceptors (Lipinski definition) is 7. The molecule has 0 atom stereocenters. The molecular weight excluding hydrogens is 394 g/mol. The number of hydrogen-bond donors (Lipinski definition) is 2. The summed E-state index contributed by atoms with van der Waals surface area (Å²) in [5.74, 6) is 0.923. The highest BCUT2D eigenvalue weighted by atomic mass is 32.1. The average molecular weight is 420 g/mol. The fraction of sp³-hybridized carbons (Fsp3) is 0.421. The molecule has 1 fully saturated rings. The Kier molecular flexibility index (Phi) is 6.89. The summed E-state index contributed by atoms with van der Waals surface area (Å²) in [5.41, 5.74) is 1.14. The van der Waals surface area contributed by atoms with Crippen molar-refractivity contribution in [1.82, 2.24) is 14.8 Å². The molecule has 0 bridgehead atoms. The van der Waals surface area contributed by atoms with Crippen LogP contribution in [0.5, 0.6) is 11.5 Å². The highest BCUT2D eigenvalue weighted by Crippen LogP contribution is 2.29. The van der Waals surface area contributed by atoms with E-state index in [1.54, 1.807) is 35.6 Å². The zero-order chi connectivity index (χ0) is 20.8. The molecule has 1 aromatic carbocycles. The van der Waals surface area contributed by atoms with Crippen LogP contribution in [0.3, 0.4) is 0 Å². The number of ether oxygens (including phenoxy) is 2. The van der Waals surface area contributed by atoms with Gasteiger partial charge in [0.1, 0.15) is 11.5 Å². The minimum atomic E-state index is -0.226. The van der Waals surface area contributed by atoms with Crippen molar-refractivity contribution in [3.63, 3.8) is 0 Å². The number of benzene rings is 1. The number of nitrogens with one attached hydrogen (secondary N) is 2. The Hall–Kier alpha value is -2.85. The first-order chi connectivity index (χ1) is 14.0. The van der Waals surface area contributed by atoms with Gasteiger partial charge in [-0.3, -0.25) is 10.1 Å². The molecule has 2 heterocycles. The number of piperazine rings is 1. The molecule has 0 aliphatic carbocycles. The molecule has 0 spiro atoms. The molecule has 3 rings (SSSR count). The number of nitrogens with zero attached hydrogens (tertiary/aromatic N) is 3. The van der Waals surface area contributed by atoms with Crippen molar-refractivity contribution in [1.29, 1.82) is 0 Å². The standard InChI is InChI=1S/C19H25N5O4S/c1-23-6-8-24(9-7-23)19(26)22-18-20-13(12-29-18)10-17(25)21-15-5-4-14(27-2)11-16(15)28-3/h4-5,11-12H,6-10H2,1-3H3,(H,21,25)(H,20,22,26). The summed E-state index contributed by atoms with van der Waals surface area (Å²) in [6.07, 6.45) is 0.0933. The van der Waals surface area contributed by atoms with E-state index in [1.807, 2.05) is 7.05 Å². The zero-order valence-electron chi connectivity index (χ0n) is 16.7. The predicted octanol–water partition coefficient (Wildman–Crippen LogP) is 2.12. The number of aromatic nitrogens is 1. The van der Waals surface area contributed by atoms with E-state index in [-0.39, 0.29) is 18.4 Å². The van der Waals surface area contributed by atoms with Gasteiger partial charge in [-0.25, -0.2) is 9.78 Å². The van der Waals surface area contributed by atoms with E-state index in [4.69, 9.17) is 9.47 Å². The Labute approximate surface area is 173 Å². The number of methoxy groups -OCH3 is 2. The normalized spacial score (nSPS) is 14.4. The molecule has 3 amide bonds. The zero-order valence-corrected chi connectivity index (χ0v) is 17.5. The van der Waals surface area contributed by atoms with Gasteiger partial charge < -0.3 is 24.6 Å². The summed E-state index contributed by atoms with van der Waals surface area (Å²) in [6.45, 7) is 3.08. The lowest BCUT2D eigenvalue weighted by atomic mass is 10.2. The number of thiazole rings is 1. The molecular formula is C19H25N5O4S. The molecule has 10 heteroatoms. The van der Waals surface area contributed by atoms with E-state index < -0.39 is 0 Å². The van der Waals surface area contributed by atoms with Crippen LogP contribution in [0.4, 0.5) is 15.6 Å². The fourth-order valence-electron chi connectivity index (χ4n) is 2.89. The molecule has 156 valence electrons. The molecule has 0 saturated carbocycles. The van der Waals surface area contributed by atoms with Crippen molar-refractivity contribution in [2.24, 2.45) is 0 Å². The molecule has 29 heavy (non-hydrogen) atoms. The van der Waals surface area contributed by atoms with Gasteiger partial charge in [-0.05, 0) is 19.2 Å². The fourth-order valence-corrected chi connectivity index (χ4v) is 3.59. The van der Waals surface area contributed by atoms with E-state index in [2.05, 4.69) is 20.5 Å². The van der Waals surface area contributed by atoms with Crippen LogP contribution < -0.4 is 20.1 Å². The van der Waals surface area contributed by atoms with Crippen LogP contribution >= 0.6 is 11.3 Å². The molecule has 1 aromatic heterocycles. The Morgan fingerprint density at radius 1 is 1.14 bits per heavy atom. The second-order valence-corrected chi connectivity index (χ2v) is 7.51. The summed E-state index contributed by atoms with van der Waals surface area (Å²) in [4.78, 5) is 33.0. The third kappa shape index (κ3) is 5.58. The minimum absolute atomic E-state index is 0.0933. The number of carbonyl (C=O) groups excluding carboxylic acids is 2. The maximum absolute atomic E-state index is 12.4. The number of rotatable bonds is 6. The molecule has 1 aliphatic heterocycles. The van der Waals surface area contributed by atoms with E-state index in [9.17, 15) is 9.59 Å². The first-order valence-corrected chi connectivity index (χ1v) is 10.1. The minimum Gasteiger partial charge on any atom is -0.497 e. The third-order valence-electron chi connectivity index (χ3n) is 4.58. The molecule has 2 aromatic rings. The predicted molar refractivity (Wildman–Crippen MR) is 112 cm³/mol. The Bertz CT molecular complexity index is 864. The monoisotopic (exact) mass is 419 g/mol. The second-order valence-electron chi connectivity index (χ2n) is 6.66. The van der Waals surface area contributed by atoms with Crippen molar-refractivity contribution < 1.29 is 19.1 Å². The topological polar surface area (TPSA) is 96.0 Å². The van der Waals surface area contributed by atoms with E-state index in [1.165, 1.54) is 18.4 Å². The van der Waals surface area contributed by atoms with E-state index in [0.717, 1.165) is 13.1 Å². The van der Waals surface area contributed by atoms with Crippen LogP contribution in [-0.4, -0.2) is 74.2 Å². The summed E-state index contributed by atoms with van der Waals surface area (Å²) in [7, 11) is 5.13. The quantitative estimate of drug-likeness (QED) is 0.745. The van der Waals surface area contributed by atoms with E-state index >= 15 is 0 Å². The lowest BCUT2D eigenvalue weighted by Crippen LogP contribution is -2.48. The summed E-state index contributed by atoms with van der Waals surface area (Å²) < 4.78 is 10.4. The molecule has 1 saturated heterocycles. The van der Waals surface area contributed by atoms with Gasteiger partial charge in [0.05, 0.1) is 32.0 Å². The Balaban J connectivity index is 1.54. The smallest absolute Gasteiger partial charge is 0.323 e. The van der Waals surface area contributed by atoms with Crippen molar-refractivity contribution in [2.45, 2.75) is 6.42 Å². The average Bonchev–Trinajstić information content (AvgIpc) is 3.15. The summed E-state index contributed by atoms with van der Waals surface area (Å²) in [6, 6.07) is 5.00. The number of amides is 3. The maximum atomic E-state index is 12.4. The first kappa shape index (κ1) is 20.9. The van der Waals surface area contributed by atoms with Crippen LogP contribution in [-0.2, 0) is 11.2 Å². The number of carbonyl (C=O) groups is 2. The van der Waals surface area contributed by atoms with Crippen LogP contribution in [0.25, 0.3) is 0 Å². The number of anilines is 2. The largest absolute Gasteiger partial charge is 0.497 e. The van der Waals surface area contributed by atoms with Crippen molar-refractivity contribution in [2.75, 3.05) is 58.1 Å². The van der Waals surface area contributed by atoms with Crippen LogP contribution in [0.1, 0.15) is 5.69 Å². The van der Waals surface area contributed by atoms with Gasteiger partial charge in [-0.2, -0.15) is 0 Å². The van der Waals surface area contributed by atoms with Crippen molar-refractivity contribution in [3.05, 3.63) is 29.3 Å². The lowest BCUT2D eigenvalue weighted by Gasteiger charge is -2.32. The molecule has 2 N–H and O–H groups in total. The van der Waals surface area contributed by atoms with Gasteiger partial charge in [-0.1, -0.05) is 0 Å². The van der Waals surface area contributed by atoms with Crippen LogP contribution in [0.15, 0.2) is 23.6 Å². The van der Waals surface area contributed by atoms with E-state index in [0.29, 0.717) is 41.1 Å². The molecule has 0 unspecified atom stereocenters. The highest BCUT2D eigenvalue weighted by Gasteiger charge is 2.20. The lowest BCUT2D eigenvalue weighted by molar-refractivity contribution is -0.115. The SMILES string of the molecule is COc1ccc(NC(=O)Cc2csc(NC(=O)N3CCN(C)CC3)n2)c(OC)c1. The van der Waals surface area contributed by atoms with Crippen LogP contribution in [0.2, 0.25) is 0 Å². The van der Waals surface area contributed by atoms with Gasteiger partial charge in [-0.15, -0.1) is 11.3 Å². The summed E-state index contributed by atoms with van der Waals surface area (Å²) in [5, 5.41) is 7.88. The Morgan fingerprint density at radius 2 is 1.90 bits per heavy atom. The molecule has 1 aliphatic rings. The maximum Gasteiger partial charge on any atom is 0.323 e. The van der Waals surface area contributed by atoms with Crippen LogP contribution in [0, 0.1) is 0 Å². The van der Waals surface area contributed by atoms with Gasteiger partial charge in [0, 0.05) is 37.6 Å². The first-order valence-electron chi connectivity index (χ1n) is 9.19. The molecule has 0 radical (unpaired) electrons. The van der Waals surface area contributed by atoms with Gasteiger partial charge >= 0.3 is 6.03 Å². The number of likely N-dealkylation sites (N-methyl/N-ethyl adjacent to an activating group) is 1. The van der Waals surface area contributed by atoms with Gasteiger partial charge in [0.2, 0.25) is 5.91 Å². The van der Waals surface area contributed by atoms with Gasteiger partial charge in [0.15, 0.2) is 5.13 Å². The Morgan fingerprint density at radius 3 is 2.59 bits per heavy atom. The van der Waals surface area contributed by atoms with Gasteiger partial charge in [0.25, 0.3) is 0 Å². The highest BCUT2D eigenvalue weighted by molar-refractivity contribution is 7.13. The third-order valence-corrected chi connectivity index (χ3v) is 5.39. The molecule has 9 nitrogen and oxygen atoms in total. The second kappa shape index (κ2) is 9.57.